The summed E-state index contributed by atoms with van der Waals surface area (Å²) in [5, 5.41) is 6.60. The second-order valence-electron chi connectivity index (χ2n) is 5.67. The number of halogens is 2. The third-order valence-corrected chi connectivity index (χ3v) is 3.97. The Hall–Kier alpha value is -3.06. The van der Waals surface area contributed by atoms with E-state index in [4.69, 9.17) is 21.1 Å². The maximum atomic E-state index is 13.4. The van der Waals surface area contributed by atoms with Gasteiger partial charge in [-0.05, 0) is 25.1 Å². The Kier molecular flexibility index (Phi) is 5.61. The van der Waals surface area contributed by atoms with E-state index >= 15 is 0 Å². The topological polar surface area (TPSA) is 68.3 Å². The van der Waals surface area contributed by atoms with Crippen LogP contribution in [0.2, 0.25) is 5.02 Å². The summed E-state index contributed by atoms with van der Waals surface area (Å²) < 4.78 is 24.0. The number of ether oxygens (including phenoxy) is 2. The van der Waals surface area contributed by atoms with Crippen LogP contribution in [-0.2, 0) is 0 Å². The highest BCUT2D eigenvalue weighted by molar-refractivity contribution is 6.32. The van der Waals surface area contributed by atoms with Crippen LogP contribution in [0.4, 0.5) is 27.5 Å². The fourth-order valence-electron chi connectivity index (χ4n) is 2.48. The summed E-state index contributed by atoms with van der Waals surface area (Å²) in [4.78, 5) is 8.80. The van der Waals surface area contributed by atoms with Crippen LogP contribution in [-0.4, -0.2) is 24.2 Å². The quantitative estimate of drug-likeness (QED) is 0.613. The summed E-state index contributed by atoms with van der Waals surface area (Å²) in [6.45, 7) is 1.84. The van der Waals surface area contributed by atoms with Gasteiger partial charge in [-0.15, -0.1) is 0 Å². The van der Waals surface area contributed by atoms with Gasteiger partial charge in [0.05, 0.1) is 24.9 Å². The minimum atomic E-state index is -0.331. The SMILES string of the molecule is COc1cc(Nc2nc(C)cc(Nc3cccc(F)c3)n2)c(OC)cc1Cl. The average Bonchev–Trinajstić information content (AvgIpc) is 2.62. The van der Waals surface area contributed by atoms with Crippen molar-refractivity contribution in [3.05, 3.63) is 59.0 Å². The van der Waals surface area contributed by atoms with Crippen LogP contribution in [0.3, 0.4) is 0 Å². The van der Waals surface area contributed by atoms with Crippen LogP contribution >= 0.6 is 11.6 Å². The Morgan fingerprint density at radius 1 is 0.963 bits per heavy atom. The number of nitrogens with one attached hydrogen (secondary N) is 2. The molecule has 0 atom stereocenters. The molecule has 0 aliphatic carbocycles. The third-order valence-electron chi connectivity index (χ3n) is 3.67. The molecule has 6 nitrogen and oxygen atoms in total. The second kappa shape index (κ2) is 8.09. The average molecular weight is 389 g/mol. The molecule has 0 unspecified atom stereocenters. The zero-order valence-corrected chi connectivity index (χ0v) is 15.8. The maximum Gasteiger partial charge on any atom is 0.229 e. The highest BCUT2D eigenvalue weighted by atomic mass is 35.5. The summed E-state index contributed by atoms with van der Waals surface area (Å²) in [6.07, 6.45) is 0. The number of hydrogen-bond donors (Lipinski definition) is 2. The van der Waals surface area contributed by atoms with Crippen molar-refractivity contribution in [2.45, 2.75) is 6.92 Å². The molecule has 2 N–H and O–H groups in total. The van der Waals surface area contributed by atoms with Crippen molar-refractivity contribution in [2.24, 2.45) is 0 Å². The summed E-state index contributed by atoms with van der Waals surface area (Å²) in [5.41, 5.74) is 1.91. The standard InChI is InChI=1S/C19H18ClFN4O2/c1-11-7-18(23-13-6-4-5-12(21)8-13)25-19(22-11)24-15-10-16(26-2)14(20)9-17(15)27-3/h4-10H,1-3H3,(H2,22,23,24,25). The molecule has 0 aliphatic heterocycles. The van der Waals surface area contributed by atoms with Gasteiger partial charge < -0.3 is 20.1 Å². The molecule has 0 radical (unpaired) electrons. The van der Waals surface area contributed by atoms with E-state index in [-0.39, 0.29) is 5.82 Å². The Morgan fingerprint density at radius 2 is 1.74 bits per heavy atom. The molecule has 140 valence electrons. The molecule has 1 heterocycles. The summed E-state index contributed by atoms with van der Waals surface area (Å²) in [7, 11) is 3.07. The van der Waals surface area contributed by atoms with E-state index in [1.165, 1.54) is 26.4 Å². The molecule has 2 aromatic carbocycles. The molecule has 0 fully saturated rings. The van der Waals surface area contributed by atoms with Gasteiger partial charge in [0.1, 0.15) is 23.1 Å². The molecule has 0 saturated carbocycles. The van der Waals surface area contributed by atoms with Crippen molar-refractivity contribution in [2.75, 3.05) is 24.9 Å². The molecule has 8 heteroatoms. The van der Waals surface area contributed by atoms with E-state index < -0.39 is 0 Å². The lowest BCUT2D eigenvalue weighted by atomic mass is 10.2. The van der Waals surface area contributed by atoms with E-state index in [1.54, 1.807) is 30.3 Å². The van der Waals surface area contributed by atoms with E-state index in [2.05, 4.69) is 20.6 Å². The molecule has 0 aliphatic rings. The third kappa shape index (κ3) is 4.57. The van der Waals surface area contributed by atoms with Gasteiger partial charge in [-0.3, -0.25) is 0 Å². The van der Waals surface area contributed by atoms with Gasteiger partial charge in [0, 0.05) is 29.6 Å². The first-order valence-corrected chi connectivity index (χ1v) is 8.43. The van der Waals surface area contributed by atoms with E-state index in [1.807, 2.05) is 6.92 Å². The van der Waals surface area contributed by atoms with Crippen molar-refractivity contribution >= 4 is 34.7 Å². The highest BCUT2D eigenvalue weighted by Crippen LogP contribution is 2.37. The van der Waals surface area contributed by atoms with Gasteiger partial charge in [0.15, 0.2) is 0 Å². The lowest BCUT2D eigenvalue weighted by Crippen LogP contribution is -2.04. The van der Waals surface area contributed by atoms with Crippen LogP contribution in [0.1, 0.15) is 5.69 Å². The largest absolute Gasteiger partial charge is 0.495 e. The number of aromatic nitrogens is 2. The number of hydrogen-bond acceptors (Lipinski definition) is 6. The first kappa shape index (κ1) is 18.7. The summed E-state index contributed by atoms with van der Waals surface area (Å²) in [5.74, 6) is 1.55. The van der Waals surface area contributed by atoms with E-state index in [0.29, 0.717) is 39.7 Å². The molecular formula is C19H18ClFN4O2. The normalized spacial score (nSPS) is 10.4. The Balaban J connectivity index is 1.91. The lowest BCUT2D eigenvalue weighted by Gasteiger charge is -2.14. The fourth-order valence-corrected chi connectivity index (χ4v) is 2.71. The number of aryl methyl sites for hydroxylation is 1. The first-order chi connectivity index (χ1) is 13.0. The molecule has 0 saturated heterocycles. The zero-order chi connectivity index (χ0) is 19.4. The molecule has 0 bridgehead atoms. The van der Waals surface area contributed by atoms with Gasteiger partial charge in [-0.2, -0.15) is 4.98 Å². The van der Waals surface area contributed by atoms with E-state index in [9.17, 15) is 4.39 Å². The smallest absolute Gasteiger partial charge is 0.229 e. The number of rotatable bonds is 6. The minimum Gasteiger partial charge on any atom is -0.495 e. The Bertz CT molecular complexity index is 968. The molecule has 3 rings (SSSR count). The molecular weight excluding hydrogens is 371 g/mol. The number of anilines is 4. The summed E-state index contributed by atoms with van der Waals surface area (Å²) in [6, 6.07) is 11.2. The van der Waals surface area contributed by atoms with Crippen LogP contribution in [0.25, 0.3) is 0 Å². The van der Waals surface area contributed by atoms with Gasteiger partial charge in [0.25, 0.3) is 0 Å². The zero-order valence-electron chi connectivity index (χ0n) is 15.0. The van der Waals surface area contributed by atoms with Crippen LogP contribution in [0.15, 0.2) is 42.5 Å². The van der Waals surface area contributed by atoms with Gasteiger partial charge >= 0.3 is 0 Å². The molecule has 1 aromatic heterocycles. The predicted octanol–water partition coefficient (Wildman–Crippen LogP) is 5.08. The molecule has 0 spiro atoms. The Morgan fingerprint density at radius 3 is 2.44 bits per heavy atom. The molecule has 3 aromatic rings. The van der Waals surface area contributed by atoms with Gasteiger partial charge in [0.2, 0.25) is 5.95 Å². The van der Waals surface area contributed by atoms with Crippen LogP contribution in [0, 0.1) is 12.7 Å². The number of nitrogens with zero attached hydrogens (tertiary/aromatic N) is 2. The predicted molar refractivity (Wildman–Crippen MR) is 104 cm³/mol. The maximum absolute atomic E-state index is 13.4. The second-order valence-corrected chi connectivity index (χ2v) is 6.07. The van der Waals surface area contributed by atoms with Crippen molar-refractivity contribution in [1.82, 2.24) is 9.97 Å². The fraction of sp³-hybridized carbons (Fsp3) is 0.158. The van der Waals surface area contributed by atoms with Crippen molar-refractivity contribution in [3.63, 3.8) is 0 Å². The lowest BCUT2D eigenvalue weighted by molar-refractivity contribution is 0.405. The van der Waals surface area contributed by atoms with Gasteiger partial charge in [-0.1, -0.05) is 17.7 Å². The van der Waals surface area contributed by atoms with Crippen molar-refractivity contribution in [3.8, 4) is 11.5 Å². The summed E-state index contributed by atoms with van der Waals surface area (Å²) >= 11 is 6.13. The monoisotopic (exact) mass is 388 g/mol. The van der Waals surface area contributed by atoms with E-state index in [0.717, 1.165) is 5.69 Å². The molecule has 0 amide bonds. The highest BCUT2D eigenvalue weighted by Gasteiger charge is 2.12. The minimum absolute atomic E-state index is 0.331. The molecule has 27 heavy (non-hydrogen) atoms. The van der Waals surface area contributed by atoms with Gasteiger partial charge in [-0.25, -0.2) is 9.37 Å². The number of benzene rings is 2. The van der Waals surface area contributed by atoms with Crippen LogP contribution in [0.5, 0.6) is 11.5 Å². The van der Waals surface area contributed by atoms with Crippen molar-refractivity contribution in [1.29, 1.82) is 0 Å². The number of methoxy groups -OCH3 is 2. The van der Waals surface area contributed by atoms with Crippen molar-refractivity contribution < 1.29 is 13.9 Å². The first-order valence-electron chi connectivity index (χ1n) is 8.05. The Labute approximate surface area is 161 Å². The van der Waals surface area contributed by atoms with Crippen LogP contribution < -0.4 is 20.1 Å².